The first kappa shape index (κ1) is 15.6. The van der Waals surface area contributed by atoms with E-state index in [1.165, 1.54) is 12.1 Å². The molecule has 5 heteroatoms. The monoisotopic (exact) mass is 291 g/mol. The van der Waals surface area contributed by atoms with Crippen LogP contribution in [0.1, 0.15) is 31.7 Å². The highest BCUT2D eigenvalue weighted by Gasteiger charge is 2.16. The van der Waals surface area contributed by atoms with Gasteiger partial charge in [0.15, 0.2) is 0 Å². The zero-order valence-corrected chi connectivity index (χ0v) is 12.8. The van der Waals surface area contributed by atoms with Crippen LogP contribution in [0.4, 0.5) is 4.39 Å². The van der Waals surface area contributed by atoms with Gasteiger partial charge in [0, 0.05) is 12.0 Å². The molecule has 0 saturated carbocycles. The van der Waals surface area contributed by atoms with Crippen molar-refractivity contribution in [3.05, 3.63) is 35.5 Å². The molecule has 1 aromatic heterocycles. The molecule has 1 aromatic carbocycles. The van der Waals surface area contributed by atoms with E-state index in [9.17, 15) is 4.39 Å². The lowest BCUT2D eigenvalue weighted by Crippen LogP contribution is -2.19. The molecule has 1 heterocycles. The predicted octanol–water partition coefficient (Wildman–Crippen LogP) is 3.35. The smallest absolute Gasteiger partial charge is 0.227 e. The van der Waals surface area contributed by atoms with E-state index in [2.05, 4.69) is 24.0 Å². The Morgan fingerprint density at radius 2 is 2.10 bits per heavy atom. The molecule has 0 radical (unpaired) electrons. The van der Waals surface area contributed by atoms with Gasteiger partial charge in [0.05, 0.1) is 0 Å². The van der Waals surface area contributed by atoms with Crippen LogP contribution in [0.25, 0.3) is 11.4 Å². The lowest BCUT2D eigenvalue weighted by Gasteiger charge is -2.14. The second kappa shape index (κ2) is 6.80. The summed E-state index contributed by atoms with van der Waals surface area (Å²) in [7, 11) is 0. The van der Waals surface area contributed by atoms with Crippen LogP contribution < -0.4 is 5.73 Å². The van der Waals surface area contributed by atoms with Gasteiger partial charge in [-0.2, -0.15) is 4.98 Å². The number of hydrogen-bond donors (Lipinski definition) is 1. The van der Waals surface area contributed by atoms with Crippen molar-refractivity contribution in [1.29, 1.82) is 0 Å². The summed E-state index contributed by atoms with van der Waals surface area (Å²) in [6.45, 7) is 6.77. The van der Waals surface area contributed by atoms with Crippen LogP contribution in [0.15, 0.2) is 22.7 Å². The fourth-order valence-electron chi connectivity index (χ4n) is 2.50. The molecule has 114 valence electrons. The molecule has 0 aliphatic carbocycles. The molecule has 0 aliphatic heterocycles. The number of nitrogens with two attached hydrogens (primary N) is 1. The maximum atomic E-state index is 13.1. The molecule has 0 aliphatic rings. The normalized spacial score (nSPS) is 12.9. The average molecular weight is 291 g/mol. The molecule has 2 rings (SSSR count). The van der Waals surface area contributed by atoms with Crippen molar-refractivity contribution in [2.24, 2.45) is 17.6 Å². The molecular weight excluding hydrogens is 269 g/mol. The number of nitrogens with zero attached hydrogens (tertiary/aromatic N) is 2. The summed E-state index contributed by atoms with van der Waals surface area (Å²) >= 11 is 0. The third-order valence-corrected chi connectivity index (χ3v) is 3.50. The van der Waals surface area contributed by atoms with E-state index in [1.54, 1.807) is 6.07 Å². The van der Waals surface area contributed by atoms with Gasteiger partial charge in [-0.1, -0.05) is 19.0 Å². The van der Waals surface area contributed by atoms with E-state index in [0.717, 1.165) is 17.5 Å². The minimum absolute atomic E-state index is 0.264. The van der Waals surface area contributed by atoms with Gasteiger partial charge in [0.2, 0.25) is 11.7 Å². The predicted molar refractivity (Wildman–Crippen MR) is 80.1 cm³/mol. The number of rotatable bonds is 6. The number of hydrogen-bond acceptors (Lipinski definition) is 4. The van der Waals surface area contributed by atoms with Crippen molar-refractivity contribution in [1.82, 2.24) is 10.1 Å². The molecule has 0 bridgehead atoms. The largest absolute Gasteiger partial charge is 0.339 e. The number of aromatic nitrogens is 2. The minimum Gasteiger partial charge on any atom is -0.339 e. The van der Waals surface area contributed by atoms with Gasteiger partial charge in [-0.05, 0) is 55.5 Å². The maximum Gasteiger partial charge on any atom is 0.227 e. The van der Waals surface area contributed by atoms with E-state index >= 15 is 0 Å². The first-order valence-corrected chi connectivity index (χ1v) is 7.28. The molecule has 0 saturated heterocycles. The second-order valence-corrected chi connectivity index (χ2v) is 5.91. The summed E-state index contributed by atoms with van der Waals surface area (Å²) in [6, 6.07) is 4.54. The molecular formula is C16H22FN3O. The van der Waals surface area contributed by atoms with Crippen molar-refractivity contribution in [2.45, 2.75) is 33.6 Å². The van der Waals surface area contributed by atoms with Crippen molar-refractivity contribution < 1.29 is 8.91 Å². The van der Waals surface area contributed by atoms with Gasteiger partial charge in [-0.15, -0.1) is 0 Å². The van der Waals surface area contributed by atoms with Gasteiger partial charge in [-0.3, -0.25) is 0 Å². The zero-order chi connectivity index (χ0) is 15.4. The maximum absolute atomic E-state index is 13.1. The number of benzene rings is 1. The Morgan fingerprint density at radius 1 is 1.33 bits per heavy atom. The van der Waals surface area contributed by atoms with Crippen LogP contribution >= 0.6 is 0 Å². The molecule has 0 spiro atoms. The quantitative estimate of drug-likeness (QED) is 0.886. The summed E-state index contributed by atoms with van der Waals surface area (Å²) in [6.07, 6.45) is 1.71. The highest BCUT2D eigenvalue weighted by Crippen LogP contribution is 2.22. The van der Waals surface area contributed by atoms with Gasteiger partial charge in [0.1, 0.15) is 5.82 Å². The topological polar surface area (TPSA) is 64.9 Å². The van der Waals surface area contributed by atoms with E-state index in [0.29, 0.717) is 36.5 Å². The fraction of sp³-hybridized carbons (Fsp3) is 0.500. The summed E-state index contributed by atoms with van der Waals surface area (Å²) in [5.74, 6) is 1.75. The van der Waals surface area contributed by atoms with E-state index < -0.39 is 0 Å². The Hall–Kier alpha value is -1.75. The van der Waals surface area contributed by atoms with Crippen LogP contribution in [0.3, 0.4) is 0 Å². The Morgan fingerprint density at radius 3 is 2.71 bits per heavy atom. The zero-order valence-electron chi connectivity index (χ0n) is 12.8. The fourth-order valence-corrected chi connectivity index (χ4v) is 2.50. The van der Waals surface area contributed by atoms with Gasteiger partial charge < -0.3 is 10.3 Å². The summed E-state index contributed by atoms with van der Waals surface area (Å²) < 4.78 is 18.4. The first-order chi connectivity index (χ1) is 9.99. The third-order valence-electron chi connectivity index (χ3n) is 3.50. The third kappa shape index (κ3) is 4.11. The standard InChI is InChI=1S/C16H22FN3O/c1-10(2)6-12(9-18)8-15-19-16(20-21-15)14-5-4-13(17)7-11(14)3/h4-5,7,10,12H,6,8-9,18H2,1-3H3. The van der Waals surface area contributed by atoms with Crippen LogP contribution in [-0.4, -0.2) is 16.7 Å². The Balaban J connectivity index is 2.14. The van der Waals surface area contributed by atoms with Crippen molar-refractivity contribution in [3.63, 3.8) is 0 Å². The molecule has 1 unspecified atom stereocenters. The summed E-state index contributed by atoms with van der Waals surface area (Å²) in [5, 5.41) is 3.99. The molecule has 21 heavy (non-hydrogen) atoms. The molecule has 0 amide bonds. The van der Waals surface area contributed by atoms with Gasteiger partial charge in [-0.25, -0.2) is 4.39 Å². The number of aryl methyl sites for hydroxylation is 1. The minimum atomic E-state index is -0.264. The van der Waals surface area contributed by atoms with E-state index in [4.69, 9.17) is 10.3 Å². The molecule has 2 N–H and O–H groups in total. The molecule has 1 atom stereocenters. The number of halogens is 1. The molecule has 0 fully saturated rings. The van der Waals surface area contributed by atoms with Crippen LogP contribution in [0.2, 0.25) is 0 Å². The highest BCUT2D eigenvalue weighted by molar-refractivity contribution is 5.59. The molecule has 2 aromatic rings. The van der Waals surface area contributed by atoms with Crippen LogP contribution in [0, 0.1) is 24.6 Å². The lowest BCUT2D eigenvalue weighted by atomic mass is 9.94. The lowest BCUT2D eigenvalue weighted by molar-refractivity contribution is 0.332. The van der Waals surface area contributed by atoms with Crippen molar-refractivity contribution in [2.75, 3.05) is 6.54 Å². The summed E-state index contributed by atoms with van der Waals surface area (Å²) in [4.78, 5) is 4.41. The Bertz CT molecular complexity index is 595. The van der Waals surface area contributed by atoms with Gasteiger partial charge >= 0.3 is 0 Å². The SMILES string of the molecule is Cc1cc(F)ccc1-c1noc(CC(CN)CC(C)C)n1. The molecule has 4 nitrogen and oxygen atoms in total. The van der Waals surface area contributed by atoms with Crippen molar-refractivity contribution >= 4 is 0 Å². The first-order valence-electron chi connectivity index (χ1n) is 7.28. The Kier molecular flexibility index (Phi) is 5.07. The average Bonchev–Trinajstić information content (AvgIpc) is 2.85. The van der Waals surface area contributed by atoms with Crippen LogP contribution in [-0.2, 0) is 6.42 Å². The van der Waals surface area contributed by atoms with E-state index in [1.807, 2.05) is 6.92 Å². The summed E-state index contributed by atoms with van der Waals surface area (Å²) in [5.41, 5.74) is 7.38. The van der Waals surface area contributed by atoms with Crippen molar-refractivity contribution in [3.8, 4) is 11.4 Å². The van der Waals surface area contributed by atoms with E-state index in [-0.39, 0.29) is 5.82 Å². The van der Waals surface area contributed by atoms with Gasteiger partial charge in [0.25, 0.3) is 0 Å². The second-order valence-electron chi connectivity index (χ2n) is 5.91. The van der Waals surface area contributed by atoms with Crippen LogP contribution in [0.5, 0.6) is 0 Å². The highest BCUT2D eigenvalue weighted by atomic mass is 19.1. The Labute approximate surface area is 124 Å².